The van der Waals surface area contributed by atoms with Crippen molar-refractivity contribution in [2.24, 2.45) is 5.92 Å². The van der Waals surface area contributed by atoms with Crippen LogP contribution in [0, 0.1) is 5.92 Å². The number of aromatic nitrogens is 2. The quantitative estimate of drug-likeness (QED) is 0.875. The van der Waals surface area contributed by atoms with Crippen molar-refractivity contribution in [1.29, 1.82) is 0 Å². The zero-order valence-corrected chi connectivity index (χ0v) is 14.2. The molecule has 1 saturated carbocycles. The average Bonchev–Trinajstić information content (AvgIpc) is 2.44. The molecule has 5 nitrogen and oxygen atoms in total. The Morgan fingerprint density at radius 3 is 2.73 bits per heavy atom. The highest BCUT2D eigenvalue weighted by atomic mass is 16.5. The summed E-state index contributed by atoms with van der Waals surface area (Å²) in [5.74, 6) is 2.20. The summed E-state index contributed by atoms with van der Waals surface area (Å²) < 4.78 is 5.21. The minimum atomic E-state index is -0.139. The number of aliphatic hydroxyl groups excluding tert-OH is 1. The average molecular weight is 307 g/mol. The molecular weight excluding hydrogens is 278 g/mol. The van der Waals surface area contributed by atoms with Crippen LogP contribution in [0.5, 0.6) is 0 Å². The van der Waals surface area contributed by atoms with Crippen molar-refractivity contribution in [3.05, 3.63) is 17.6 Å². The molecule has 5 heteroatoms. The van der Waals surface area contributed by atoms with Gasteiger partial charge in [-0.15, -0.1) is 0 Å². The van der Waals surface area contributed by atoms with Gasteiger partial charge in [0.05, 0.1) is 18.4 Å². The van der Waals surface area contributed by atoms with Gasteiger partial charge in [-0.1, -0.05) is 27.2 Å². The number of nitrogens with zero attached hydrogens (tertiary/aromatic N) is 2. The minimum absolute atomic E-state index is 0.0960. The second kappa shape index (κ2) is 7.38. The second-order valence-corrected chi connectivity index (χ2v) is 7.32. The van der Waals surface area contributed by atoms with Crippen LogP contribution in [0.15, 0.2) is 6.07 Å². The third-order valence-electron chi connectivity index (χ3n) is 4.07. The van der Waals surface area contributed by atoms with Gasteiger partial charge in [-0.05, 0) is 25.2 Å². The van der Waals surface area contributed by atoms with Crippen LogP contribution < -0.4 is 5.32 Å². The van der Waals surface area contributed by atoms with Gasteiger partial charge in [0.1, 0.15) is 11.6 Å². The van der Waals surface area contributed by atoms with Gasteiger partial charge < -0.3 is 15.2 Å². The molecule has 1 aliphatic rings. The van der Waals surface area contributed by atoms with E-state index in [9.17, 15) is 5.11 Å². The number of hydrogen-bond acceptors (Lipinski definition) is 5. The first-order valence-electron chi connectivity index (χ1n) is 8.18. The highest BCUT2D eigenvalue weighted by molar-refractivity contribution is 5.37. The molecule has 124 valence electrons. The monoisotopic (exact) mass is 307 g/mol. The fourth-order valence-electron chi connectivity index (χ4n) is 2.84. The second-order valence-electron chi connectivity index (χ2n) is 7.32. The maximum Gasteiger partial charge on any atom is 0.136 e. The molecule has 2 unspecified atom stereocenters. The zero-order valence-electron chi connectivity index (χ0n) is 14.2. The lowest BCUT2D eigenvalue weighted by Gasteiger charge is -2.26. The highest BCUT2D eigenvalue weighted by Crippen LogP contribution is 2.25. The van der Waals surface area contributed by atoms with Crippen LogP contribution in [0.1, 0.15) is 58.0 Å². The summed E-state index contributed by atoms with van der Waals surface area (Å²) in [5.41, 5.74) is 0.801. The molecule has 2 N–H and O–H groups in total. The van der Waals surface area contributed by atoms with E-state index in [1.807, 2.05) is 6.07 Å². The standard InChI is InChI=1S/C17H29N3O2/c1-17(2,3)16-19-13(11-22-4)9-15(20-16)18-10-12-6-5-7-14(21)8-12/h9,12,14,21H,5-8,10-11H2,1-4H3,(H,18,19,20). The molecule has 1 aliphatic carbocycles. The smallest absolute Gasteiger partial charge is 0.136 e. The van der Waals surface area contributed by atoms with E-state index in [-0.39, 0.29) is 11.5 Å². The minimum Gasteiger partial charge on any atom is -0.393 e. The van der Waals surface area contributed by atoms with Crippen LogP contribution in [-0.2, 0) is 16.8 Å². The first-order chi connectivity index (χ1) is 10.4. The van der Waals surface area contributed by atoms with E-state index in [4.69, 9.17) is 4.74 Å². The molecule has 0 aromatic carbocycles. The summed E-state index contributed by atoms with van der Waals surface area (Å²) in [7, 11) is 1.68. The summed E-state index contributed by atoms with van der Waals surface area (Å²) in [4.78, 5) is 9.24. The molecule has 0 aliphatic heterocycles. The Bertz CT molecular complexity index is 485. The van der Waals surface area contributed by atoms with Gasteiger partial charge in [-0.25, -0.2) is 9.97 Å². The van der Waals surface area contributed by atoms with E-state index in [1.54, 1.807) is 7.11 Å². The van der Waals surface area contributed by atoms with Gasteiger partial charge in [-0.2, -0.15) is 0 Å². The third-order valence-corrected chi connectivity index (χ3v) is 4.07. The van der Waals surface area contributed by atoms with Crippen LogP contribution in [0.25, 0.3) is 0 Å². The van der Waals surface area contributed by atoms with Gasteiger partial charge >= 0.3 is 0 Å². The van der Waals surface area contributed by atoms with Gasteiger partial charge in [0, 0.05) is 25.1 Å². The molecule has 0 bridgehead atoms. The fraction of sp³-hybridized carbons (Fsp3) is 0.765. The van der Waals surface area contributed by atoms with Crippen LogP contribution in [0.4, 0.5) is 5.82 Å². The number of methoxy groups -OCH3 is 1. The van der Waals surface area contributed by atoms with E-state index in [0.29, 0.717) is 12.5 Å². The molecule has 0 radical (unpaired) electrons. The molecule has 2 rings (SSSR count). The van der Waals surface area contributed by atoms with Gasteiger partial charge in [-0.3, -0.25) is 0 Å². The zero-order chi connectivity index (χ0) is 16.2. The van der Waals surface area contributed by atoms with E-state index < -0.39 is 0 Å². The Morgan fingerprint density at radius 2 is 2.09 bits per heavy atom. The summed E-state index contributed by atoms with van der Waals surface area (Å²) in [6.45, 7) is 7.67. The van der Waals surface area contributed by atoms with Crippen molar-refractivity contribution in [3.8, 4) is 0 Å². The number of aliphatic hydroxyl groups is 1. The number of rotatable bonds is 5. The van der Waals surface area contributed by atoms with Gasteiger partial charge in [0.15, 0.2) is 0 Å². The predicted octanol–water partition coefficient (Wildman–Crippen LogP) is 2.88. The third kappa shape index (κ3) is 4.92. The van der Waals surface area contributed by atoms with Crippen LogP contribution in [-0.4, -0.2) is 34.8 Å². The first-order valence-corrected chi connectivity index (χ1v) is 8.18. The molecular formula is C17H29N3O2. The maximum absolute atomic E-state index is 9.77. The van der Waals surface area contributed by atoms with E-state index >= 15 is 0 Å². The van der Waals surface area contributed by atoms with Crippen molar-refractivity contribution < 1.29 is 9.84 Å². The van der Waals surface area contributed by atoms with Crippen LogP contribution >= 0.6 is 0 Å². The number of ether oxygens (including phenoxy) is 1. The Labute approximate surface area is 133 Å². The predicted molar refractivity (Wildman–Crippen MR) is 87.9 cm³/mol. The van der Waals surface area contributed by atoms with E-state index in [1.165, 1.54) is 6.42 Å². The molecule has 2 atom stereocenters. The normalized spacial score (nSPS) is 22.6. The lowest BCUT2D eigenvalue weighted by Crippen LogP contribution is -2.26. The topological polar surface area (TPSA) is 67.3 Å². The molecule has 0 saturated heterocycles. The maximum atomic E-state index is 9.77. The largest absolute Gasteiger partial charge is 0.393 e. The fourth-order valence-corrected chi connectivity index (χ4v) is 2.84. The van der Waals surface area contributed by atoms with Gasteiger partial charge in [0.25, 0.3) is 0 Å². The Kier molecular flexibility index (Phi) is 5.75. The lowest BCUT2D eigenvalue weighted by atomic mass is 9.87. The Balaban J connectivity index is 2.07. The van der Waals surface area contributed by atoms with Crippen molar-refractivity contribution in [1.82, 2.24) is 9.97 Å². The number of hydrogen-bond donors (Lipinski definition) is 2. The highest BCUT2D eigenvalue weighted by Gasteiger charge is 2.21. The molecule has 1 fully saturated rings. The summed E-state index contributed by atoms with van der Waals surface area (Å²) in [6, 6.07) is 1.96. The summed E-state index contributed by atoms with van der Waals surface area (Å²) >= 11 is 0. The SMILES string of the molecule is COCc1cc(NCC2CCCC(O)C2)nc(C(C)(C)C)n1. The lowest BCUT2D eigenvalue weighted by molar-refractivity contribution is 0.104. The van der Waals surface area contributed by atoms with E-state index in [2.05, 4.69) is 36.1 Å². The van der Waals surface area contributed by atoms with Crippen molar-refractivity contribution in [3.63, 3.8) is 0 Å². The van der Waals surface area contributed by atoms with Crippen LogP contribution in [0.2, 0.25) is 0 Å². The first kappa shape index (κ1) is 17.2. The molecule has 1 aromatic rings. The molecule has 0 spiro atoms. The van der Waals surface area contributed by atoms with Crippen LogP contribution in [0.3, 0.4) is 0 Å². The van der Waals surface area contributed by atoms with Gasteiger partial charge in [0.2, 0.25) is 0 Å². The van der Waals surface area contributed by atoms with Crippen molar-refractivity contribution in [2.45, 2.75) is 64.6 Å². The van der Waals surface area contributed by atoms with Crippen molar-refractivity contribution in [2.75, 3.05) is 19.0 Å². The molecule has 1 aromatic heterocycles. The Hall–Kier alpha value is -1.20. The molecule has 1 heterocycles. The Morgan fingerprint density at radius 1 is 1.32 bits per heavy atom. The molecule has 0 amide bonds. The number of anilines is 1. The summed E-state index contributed by atoms with van der Waals surface area (Å²) in [5, 5.41) is 13.2. The van der Waals surface area contributed by atoms with E-state index in [0.717, 1.165) is 43.1 Å². The number of nitrogens with one attached hydrogen (secondary N) is 1. The van der Waals surface area contributed by atoms with Crippen molar-refractivity contribution >= 4 is 5.82 Å². The summed E-state index contributed by atoms with van der Waals surface area (Å²) in [6.07, 6.45) is 3.97. The molecule has 22 heavy (non-hydrogen) atoms.